The number of esters is 1. The third kappa shape index (κ3) is 7.48. The maximum Gasteiger partial charge on any atom is 0.361 e. The van der Waals surface area contributed by atoms with Crippen LogP contribution in [0, 0.1) is 0 Å². The number of urea groups is 1. The van der Waals surface area contributed by atoms with Crippen LogP contribution >= 0.6 is 0 Å². The molecule has 2 aliphatic heterocycles. The van der Waals surface area contributed by atoms with Gasteiger partial charge in [0.1, 0.15) is 5.82 Å². The number of hydrogen-bond donors (Lipinski definition) is 2. The number of ether oxygens (including phenoxy) is 3. The number of piperazine rings is 1. The van der Waals surface area contributed by atoms with Gasteiger partial charge in [0, 0.05) is 50.5 Å². The van der Waals surface area contributed by atoms with Crippen molar-refractivity contribution in [3.05, 3.63) is 48.3 Å². The Morgan fingerprint density at radius 2 is 1.63 bits per heavy atom. The summed E-state index contributed by atoms with van der Waals surface area (Å²) in [6, 6.07) is 10.4. The Morgan fingerprint density at radius 3 is 2.28 bits per heavy atom. The molecular weight excluding hydrogens is 552 g/mol. The predicted molar refractivity (Wildman–Crippen MR) is 164 cm³/mol. The van der Waals surface area contributed by atoms with E-state index in [2.05, 4.69) is 37.4 Å². The molecule has 2 aliphatic rings. The van der Waals surface area contributed by atoms with E-state index in [1.807, 2.05) is 17.9 Å². The average molecular weight is 591 g/mol. The topological polar surface area (TPSA) is 134 Å². The number of amides is 2. The number of carbonyl (C=O) groups is 2. The monoisotopic (exact) mass is 590 g/mol. The molecule has 4 heterocycles. The van der Waals surface area contributed by atoms with Crippen molar-refractivity contribution in [1.29, 1.82) is 0 Å². The van der Waals surface area contributed by atoms with Crippen molar-refractivity contribution in [2.75, 3.05) is 93.2 Å². The highest BCUT2D eigenvalue weighted by Gasteiger charge is 2.27. The van der Waals surface area contributed by atoms with Crippen LogP contribution in [0.3, 0.4) is 0 Å². The molecule has 0 atom stereocenters. The fourth-order valence-electron chi connectivity index (χ4n) is 4.87. The molecular formula is C30H38N8O5. The van der Waals surface area contributed by atoms with Crippen molar-refractivity contribution in [1.82, 2.24) is 19.9 Å². The van der Waals surface area contributed by atoms with Gasteiger partial charge in [-0.15, -0.1) is 0 Å². The lowest BCUT2D eigenvalue weighted by atomic mass is 10.2. The number of pyridine rings is 1. The average Bonchev–Trinajstić information content (AvgIpc) is 3.03. The summed E-state index contributed by atoms with van der Waals surface area (Å²) in [6.07, 6.45) is 1.78. The smallest absolute Gasteiger partial charge is 0.361 e. The van der Waals surface area contributed by atoms with Crippen molar-refractivity contribution in [3.8, 4) is 17.1 Å². The number of morpholine rings is 1. The van der Waals surface area contributed by atoms with Gasteiger partial charge in [-0.3, -0.25) is 5.32 Å². The molecule has 0 unspecified atom stereocenters. The molecule has 2 saturated heterocycles. The molecule has 5 rings (SSSR count). The lowest BCUT2D eigenvalue weighted by Crippen LogP contribution is -2.44. The number of carbonyl (C=O) groups excluding carboxylic acids is 2. The van der Waals surface area contributed by atoms with Gasteiger partial charge < -0.3 is 34.2 Å². The first-order chi connectivity index (χ1) is 20.9. The maximum atomic E-state index is 12.9. The number of aromatic nitrogens is 3. The molecule has 43 heavy (non-hydrogen) atoms. The minimum absolute atomic E-state index is 0.0721. The van der Waals surface area contributed by atoms with E-state index in [1.165, 1.54) is 0 Å². The molecule has 1 aromatic carbocycles. The minimum atomic E-state index is -0.579. The Kier molecular flexibility index (Phi) is 9.84. The third-order valence-electron chi connectivity index (χ3n) is 7.17. The number of hydrogen-bond acceptors (Lipinski definition) is 11. The Balaban J connectivity index is 1.29. The van der Waals surface area contributed by atoms with Gasteiger partial charge in [-0.25, -0.2) is 24.5 Å². The van der Waals surface area contributed by atoms with Crippen LogP contribution in [-0.2, 0) is 9.47 Å². The van der Waals surface area contributed by atoms with E-state index in [0.717, 1.165) is 31.9 Å². The quantitative estimate of drug-likeness (QED) is 0.355. The van der Waals surface area contributed by atoms with Crippen LogP contribution in [0.15, 0.2) is 42.6 Å². The van der Waals surface area contributed by atoms with Crippen molar-refractivity contribution in [2.24, 2.45) is 0 Å². The van der Waals surface area contributed by atoms with Crippen LogP contribution in [0.4, 0.5) is 27.8 Å². The normalized spacial score (nSPS) is 15.6. The molecule has 2 fully saturated rings. The Hall–Kier alpha value is -4.49. The van der Waals surface area contributed by atoms with Crippen molar-refractivity contribution in [2.45, 2.75) is 13.8 Å². The van der Waals surface area contributed by atoms with E-state index in [4.69, 9.17) is 19.2 Å². The van der Waals surface area contributed by atoms with Gasteiger partial charge in [0.25, 0.3) is 0 Å². The number of likely N-dealkylation sites (N-methyl/N-ethyl adjacent to an activating group) is 1. The van der Waals surface area contributed by atoms with Gasteiger partial charge in [0.05, 0.1) is 38.3 Å². The van der Waals surface area contributed by atoms with Crippen LogP contribution < -0.4 is 25.2 Å². The van der Waals surface area contributed by atoms with Crippen molar-refractivity contribution >= 4 is 35.0 Å². The second-order valence-electron chi connectivity index (χ2n) is 10.1. The standard InChI is InChI=1S/C30H38N8O5/c1-4-42-26-25(29(39)43-5-2)34-27(35-28(26)38-16-18-41-19-17-38)21-6-8-22(9-7-21)32-30(40)33-24-11-10-23(20-31-24)37-14-12-36(3)13-15-37/h6-11,20H,4-5,12-19H2,1-3H3,(H2,31,32,33,40). The van der Waals surface area contributed by atoms with Crippen molar-refractivity contribution < 1.29 is 23.8 Å². The second-order valence-corrected chi connectivity index (χ2v) is 10.1. The first-order valence-electron chi connectivity index (χ1n) is 14.6. The van der Waals surface area contributed by atoms with Gasteiger partial charge >= 0.3 is 12.0 Å². The summed E-state index contributed by atoms with van der Waals surface area (Å²) in [7, 11) is 2.12. The zero-order chi connectivity index (χ0) is 30.2. The summed E-state index contributed by atoms with van der Waals surface area (Å²) in [4.78, 5) is 45.9. The molecule has 0 saturated carbocycles. The highest BCUT2D eigenvalue weighted by Crippen LogP contribution is 2.33. The second kappa shape index (κ2) is 14.1. The first kappa shape index (κ1) is 30.0. The predicted octanol–water partition coefficient (Wildman–Crippen LogP) is 3.35. The van der Waals surface area contributed by atoms with E-state index in [0.29, 0.717) is 67.4 Å². The number of nitrogens with one attached hydrogen (secondary N) is 2. The molecule has 2 amide bonds. The SMILES string of the molecule is CCOC(=O)c1nc(-c2ccc(NC(=O)Nc3ccc(N4CCN(C)CC4)cn3)cc2)nc(N2CCOCC2)c1OCC. The van der Waals surface area contributed by atoms with Crippen LogP contribution in [0.2, 0.25) is 0 Å². The molecule has 2 N–H and O–H groups in total. The number of rotatable bonds is 9. The maximum absolute atomic E-state index is 12.9. The largest absolute Gasteiger partial charge is 0.488 e. The lowest BCUT2D eigenvalue weighted by molar-refractivity contribution is 0.0514. The summed E-state index contributed by atoms with van der Waals surface area (Å²) in [5.74, 6) is 1.03. The molecule has 0 radical (unpaired) electrons. The first-order valence-corrected chi connectivity index (χ1v) is 14.6. The Morgan fingerprint density at radius 1 is 0.884 bits per heavy atom. The summed E-state index contributed by atoms with van der Waals surface area (Å²) in [5, 5.41) is 5.60. The Labute approximate surface area is 251 Å². The summed E-state index contributed by atoms with van der Waals surface area (Å²) < 4.78 is 16.6. The molecule has 13 heteroatoms. The number of anilines is 4. The number of nitrogens with zero attached hydrogens (tertiary/aromatic N) is 6. The fraction of sp³-hybridized carbons (Fsp3) is 0.433. The van der Waals surface area contributed by atoms with Crippen LogP contribution in [0.5, 0.6) is 5.75 Å². The van der Waals surface area contributed by atoms with Gasteiger partial charge in [0.2, 0.25) is 0 Å². The highest BCUT2D eigenvalue weighted by atomic mass is 16.5. The molecule has 0 bridgehead atoms. The molecule has 3 aromatic rings. The van der Waals surface area contributed by atoms with Crippen LogP contribution in [0.25, 0.3) is 11.4 Å². The number of benzene rings is 1. The van der Waals surface area contributed by atoms with E-state index < -0.39 is 12.0 Å². The molecule has 0 aliphatic carbocycles. The van der Waals surface area contributed by atoms with Gasteiger partial charge in [0.15, 0.2) is 23.1 Å². The van der Waals surface area contributed by atoms with Gasteiger partial charge in [-0.05, 0) is 57.3 Å². The van der Waals surface area contributed by atoms with Gasteiger partial charge in [-0.1, -0.05) is 0 Å². The lowest BCUT2D eigenvalue weighted by Gasteiger charge is -2.33. The summed E-state index contributed by atoms with van der Waals surface area (Å²) in [5.41, 5.74) is 2.34. The van der Waals surface area contributed by atoms with E-state index in [9.17, 15) is 9.59 Å². The van der Waals surface area contributed by atoms with Crippen molar-refractivity contribution in [3.63, 3.8) is 0 Å². The van der Waals surface area contributed by atoms with E-state index in [1.54, 1.807) is 43.5 Å². The zero-order valence-electron chi connectivity index (χ0n) is 24.8. The highest BCUT2D eigenvalue weighted by molar-refractivity contribution is 5.99. The fourth-order valence-corrected chi connectivity index (χ4v) is 4.87. The Bertz CT molecular complexity index is 1390. The third-order valence-corrected chi connectivity index (χ3v) is 7.17. The molecule has 0 spiro atoms. The van der Waals surface area contributed by atoms with Gasteiger partial charge in [-0.2, -0.15) is 0 Å². The van der Waals surface area contributed by atoms with Crippen LogP contribution in [-0.4, -0.2) is 105 Å². The zero-order valence-corrected chi connectivity index (χ0v) is 24.8. The van der Waals surface area contributed by atoms with Crippen LogP contribution in [0.1, 0.15) is 24.3 Å². The minimum Gasteiger partial charge on any atom is -0.488 e. The molecule has 2 aromatic heterocycles. The molecule has 13 nitrogen and oxygen atoms in total. The summed E-state index contributed by atoms with van der Waals surface area (Å²) in [6.45, 7) is 10.3. The summed E-state index contributed by atoms with van der Waals surface area (Å²) >= 11 is 0. The van der Waals surface area contributed by atoms with E-state index >= 15 is 0 Å². The molecule has 228 valence electrons. The van der Waals surface area contributed by atoms with E-state index in [-0.39, 0.29) is 12.3 Å².